The number of fused-ring (bicyclic) bond motifs is 1. The maximum Gasteiger partial charge on any atom is 0.238 e. The van der Waals surface area contributed by atoms with E-state index in [0.717, 1.165) is 16.9 Å². The summed E-state index contributed by atoms with van der Waals surface area (Å²) in [6.45, 7) is 0.859. The van der Waals surface area contributed by atoms with E-state index < -0.39 is 10.0 Å². The van der Waals surface area contributed by atoms with E-state index in [1.54, 1.807) is 12.1 Å². The zero-order valence-corrected chi connectivity index (χ0v) is 14.5. The Labute approximate surface area is 147 Å². The molecule has 0 fully saturated rings. The first kappa shape index (κ1) is 17.4. The van der Waals surface area contributed by atoms with Crippen LogP contribution in [0.2, 0.25) is 0 Å². The molecule has 2 aromatic carbocycles. The molecule has 1 amide bonds. The molecule has 1 unspecified atom stereocenters. The number of carbonyl (C=O) groups excluding carboxylic acids is 1. The van der Waals surface area contributed by atoms with Crippen LogP contribution in [0.15, 0.2) is 53.4 Å². The highest BCUT2D eigenvalue weighted by Crippen LogP contribution is 2.26. The average molecular weight is 360 g/mol. The van der Waals surface area contributed by atoms with Crippen molar-refractivity contribution in [1.82, 2.24) is 5.32 Å². The molecular formula is C18H20N2O4S. The van der Waals surface area contributed by atoms with Crippen LogP contribution in [0.5, 0.6) is 5.75 Å². The van der Waals surface area contributed by atoms with E-state index >= 15 is 0 Å². The standard InChI is InChI=1S/C18H20N2O4S/c19-25(22,23)16-7-5-13(6-8-16)9-10-20-18(21)15-11-14-3-1-2-4-17(14)24-12-15/h1-8,15H,9-12H2,(H,20,21)(H2,19,22,23). The normalized spacial score (nSPS) is 16.6. The Hall–Kier alpha value is -2.38. The molecule has 2 aromatic rings. The Morgan fingerprint density at radius 3 is 2.60 bits per heavy atom. The predicted molar refractivity (Wildman–Crippen MR) is 93.7 cm³/mol. The molecule has 6 nitrogen and oxygen atoms in total. The maximum absolute atomic E-state index is 12.3. The Kier molecular flexibility index (Phi) is 5.06. The van der Waals surface area contributed by atoms with E-state index in [1.807, 2.05) is 24.3 Å². The summed E-state index contributed by atoms with van der Waals surface area (Å²) in [4.78, 5) is 12.4. The Bertz CT molecular complexity index is 863. The molecule has 0 spiro atoms. The highest BCUT2D eigenvalue weighted by Gasteiger charge is 2.25. The lowest BCUT2D eigenvalue weighted by Crippen LogP contribution is -2.38. The largest absolute Gasteiger partial charge is 0.492 e. The van der Waals surface area contributed by atoms with E-state index in [-0.39, 0.29) is 16.7 Å². The molecule has 1 atom stereocenters. The van der Waals surface area contributed by atoms with Crippen molar-refractivity contribution < 1.29 is 17.9 Å². The number of nitrogens with two attached hydrogens (primary N) is 1. The number of hydrogen-bond donors (Lipinski definition) is 2. The first-order chi connectivity index (χ1) is 11.9. The van der Waals surface area contributed by atoms with Crippen molar-refractivity contribution in [3.63, 3.8) is 0 Å². The van der Waals surface area contributed by atoms with Gasteiger partial charge in [-0.2, -0.15) is 0 Å². The topological polar surface area (TPSA) is 98.5 Å². The third-order valence-corrected chi connectivity index (χ3v) is 5.14. The summed E-state index contributed by atoms with van der Waals surface area (Å²) in [5, 5.41) is 7.98. The van der Waals surface area contributed by atoms with Crippen LogP contribution in [0.1, 0.15) is 11.1 Å². The van der Waals surface area contributed by atoms with Gasteiger partial charge in [-0.1, -0.05) is 30.3 Å². The highest BCUT2D eigenvalue weighted by atomic mass is 32.2. The van der Waals surface area contributed by atoms with Gasteiger partial charge in [0.2, 0.25) is 15.9 Å². The van der Waals surface area contributed by atoms with Gasteiger partial charge < -0.3 is 10.1 Å². The zero-order valence-electron chi connectivity index (χ0n) is 13.6. The van der Waals surface area contributed by atoms with Crippen LogP contribution in [-0.2, 0) is 27.7 Å². The second-order valence-corrected chi connectivity index (χ2v) is 7.61. The molecule has 1 aliphatic heterocycles. The van der Waals surface area contributed by atoms with Crippen molar-refractivity contribution in [1.29, 1.82) is 0 Å². The summed E-state index contributed by atoms with van der Waals surface area (Å²) < 4.78 is 28.1. The molecule has 0 radical (unpaired) electrons. The van der Waals surface area contributed by atoms with Crippen molar-refractivity contribution in [2.75, 3.05) is 13.2 Å². The highest BCUT2D eigenvalue weighted by molar-refractivity contribution is 7.89. The summed E-state index contributed by atoms with van der Waals surface area (Å²) in [5.41, 5.74) is 1.98. The monoisotopic (exact) mass is 360 g/mol. The second-order valence-electron chi connectivity index (χ2n) is 6.05. The number of ether oxygens (including phenoxy) is 1. The summed E-state index contributed by atoms with van der Waals surface area (Å²) in [7, 11) is -3.68. The van der Waals surface area contributed by atoms with Crippen molar-refractivity contribution in [2.45, 2.75) is 17.7 Å². The van der Waals surface area contributed by atoms with Crippen molar-refractivity contribution in [3.05, 3.63) is 59.7 Å². The average Bonchev–Trinajstić information content (AvgIpc) is 2.61. The van der Waals surface area contributed by atoms with Crippen LogP contribution in [0.25, 0.3) is 0 Å². The van der Waals surface area contributed by atoms with Gasteiger partial charge in [-0.05, 0) is 42.2 Å². The number of sulfonamides is 1. The lowest BCUT2D eigenvalue weighted by Gasteiger charge is -2.24. The number of benzene rings is 2. The summed E-state index contributed by atoms with van der Waals surface area (Å²) in [6.07, 6.45) is 1.28. The summed E-state index contributed by atoms with van der Waals surface area (Å²) in [6, 6.07) is 14.1. The number of primary sulfonamides is 1. The lowest BCUT2D eigenvalue weighted by atomic mass is 9.96. The van der Waals surface area contributed by atoms with Crippen LogP contribution in [0.3, 0.4) is 0 Å². The minimum absolute atomic E-state index is 0.0318. The second kappa shape index (κ2) is 7.25. The quantitative estimate of drug-likeness (QED) is 0.838. The molecule has 0 saturated carbocycles. The van der Waals surface area contributed by atoms with Gasteiger partial charge in [-0.3, -0.25) is 4.79 Å². The fourth-order valence-corrected chi connectivity index (χ4v) is 3.33. The predicted octanol–water partition coefficient (Wildman–Crippen LogP) is 1.24. The van der Waals surface area contributed by atoms with Gasteiger partial charge in [0.25, 0.3) is 0 Å². The van der Waals surface area contributed by atoms with Crippen molar-refractivity contribution in [3.8, 4) is 5.75 Å². The Morgan fingerprint density at radius 2 is 1.88 bits per heavy atom. The minimum atomic E-state index is -3.68. The Balaban J connectivity index is 1.50. The van der Waals surface area contributed by atoms with Crippen LogP contribution < -0.4 is 15.2 Å². The molecule has 1 aliphatic rings. The SMILES string of the molecule is NS(=O)(=O)c1ccc(CCNC(=O)C2COc3ccccc3C2)cc1. The molecule has 3 N–H and O–H groups in total. The molecule has 132 valence electrons. The molecule has 0 saturated heterocycles. The van der Waals surface area contributed by atoms with Gasteiger partial charge in [-0.15, -0.1) is 0 Å². The van der Waals surface area contributed by atoms with Crippen LogP contribution >= 0.6 is 0 Å². The van der Waals surface area contributed by atoms with Crippen molar-refractivity contribution >= 4 is 15.9 Å². The van der Waals surface area contributed by atoms with Crippen LogP contribution in [0.4, 0.5) is 0 Å². The van der Waals surface area contributed by atoms with E-state index in [2.05, 4.69) is 5.32 Å². The molecule has 0 aliphatic carbocycles. The summed E-state index contributed by atoms with van der Waals surface area (Å²) >= 11 is 0. The minimum Gasteiger partial charge on any atom is -0.492 e. The van der Waals surface area contributed by atoms with Gasteiger partial charge in [0.05, 0.1) is 10.8 Å². The third-order valence-electron chi connectivity index (χ3n) is 4.21. The van der Waals surface area contributed by atoms with Gasteiger partial charge in [-0.25, -0.2) is 13.6 Å². The number of carbonyl (C=O) groups is 1. The maximum atomic E-state index is 12.3. The van der Waals surface area contributed by atoms with Crippen LogP contribution in [-0.4, -0.2) is 27.5 Å². The van der Waals surface area contributed by atoms with E-state index in [9.17, 15) is 13.2 Å². The Morgan fingerprint density at radius 1 is 1.16 bits per heavy atom. The molecule has 1 heterocycles. The molecule has 25 heavy (non-hydrogen) atoms. The molecular weight excluding hydrogens is 340 g/mol. The first-order valence-electron chi connectivity index (χ1n) is 8.03. The van der Waals surface area contributed by atoms with E-state index in [0.29, 0.717) is 26.0 Å². The number of para-hydroxylation sites is 1. The first-order valence-corrected chi connectivity index (χ1v) is 9.58. The molecule has 0 aromatic heterocycles. The molecule has 0 bridgehead atoms. The fourth-order valence-electron chi connectivity index (χ4n) is 2.82. The van der Waals surface area contributed by atoms with E-state index in [4.69, 9.17) is 9.88 Å². The number of rotatable bonds is 5. The van der Waals surface area contributed by atoms with Gasteiger partial charge in [0.1, 0.15) is 12.4 Å². The summed E-state index contributed by atoms with van der Waals surface area (Å²) in [5.74, 6) is 0.622. The molecule has 3 rings (SSSR count). The molecule has 7 heteroatoms. The number of hydrogen-bond acceptors (Lipinski definition) is 4. The number of amides is 1. The lowest BCUT2D eigenvalue weighted by molar-refractivity contribution is -0.126. The van der Waals surface area contributed by atoms with Gasteiger partial charge in [0, 0.05) is 6.54 Å². The van der Waals surface area contributed by atoms with Crippen LogP contribution in [0, 0.1) is 5.92 Å². The third kappa shape index (κ3) is 4.37. The van der Waals surface area contributed by atoms with Gasteiger partial charge in [0.15, 0.2) is 0 Å². The van der Waals surface area contributed by atoms with Crippen molar-refractivity contribution in [2.24, 2.45) is 11.1 Å². The fraction of sp³-hybridized carbons (Fsp3) is 0.278. The smallest absolute Gasteiger partial charge is 0.238 e. The van der Waals surface area contributed by atoms with Gasteiger partial charge >= 0.3 is 0 Å². The zero-order chi connectivity index (χ0) is 17.9. The van der Waals surface area contributed by atoms with E-state index in [1.165, 1.54) is 12.1 Å². The number of nitrogens with one attached hydrogen (secondary N) is 1.